The molecular formula is C11H21N3O2S. The fourth-order valence-electron chi connectivity index (χ4n) is 1.95. The Morgan fingerprint density at radius 3 is 2.24 bits per heavy atom. The van der Waals surface area contributed by atoms with E-state index in [2.05, 4.69) is 15.9 Å². The topological polar surface area (TPSA) is 64.4 Å². The number of nitrogens with zero attached hydrogens (tertiary/aromatic N) is 3. The van der Waals surface area contributed by atoms with Gasteiger partial charge in [0, 0.05) is 38.5 Å². The summed E-state index contributed by atoms with van der Waals surface area (Å²) in [4.78, 5) is 4.26. The Bertz CT molecular complexity index is 353. The molecule has 1 aliphatic rings. The summed E-state index contributed by atoms with van der Waals surface area (Å²) in [6.45, 7) is 6.44. The highest BCUT2D eigenvalue weighted by Crippen LogP contribution is 2.02. The van der Waals surface area contributed by atoms with E-state index in [0.29, 0.717) is 25.3 Å². The van der Waals surface area contributed by atoms with E-state index in [1.54, 1.807) is 0 Å². The number of piperazine rings is 1. The second-order valence-corrected chi connectivity index (χ2v) is 6.73. The molecule has 0 aromatic rings. The van der Waals surface area contributed by atoms with Crippen LogP contribution in [0.15, 0.2) is 0 Å². The Morgan fingerprint density at radius 1 is 1.12 bits per heavy atom. The van der Waals surface area contributed by atoms with E-state index in [9.17, 15) is 8.42 Å². The van der Waals surface area contributed by atoms with Crippen LogP contribution < -0.4 is 0 Å². The Morgan fingerprint density at radius 2 is 1.71 bits per heavy atom. The van der Waals surface area contributed by atoms with Crippen molar-refractivity contribution in [3.8, 4) is 6.07 Å². The number of hydrogen-bond donors (Lipinski definition) is 0. The zero-order chi connectivity index (χ0) is 12.7. The quantitative estimate of drug-likeness (QED) is 0.626. The first-order valence-electron chi connectivity index (χ1n) is 6.09. The fraction of sp³-hybridized carbons (Fsp3) is 0.909. The van der Waals surface area contributed by atoms with Gasteiger partial charge >= 0.3 is 0 Å². The van der Waals surface area contributed by atoms with Crippen molar-refractivity contribution in [1.82, 2.24) is 9.80 Å². The SMILES string of the molecule is CCCS(=O)(=O)CCN1CCN(CC#N)CC1. The molecule has 1 saturated heterocycles. The van der Waals surface area contributed by atoms with Gasteiger partial charge in [-0.1, -0.05) is 6.92 Å². The van der Waals surface area contributed by atoms with Crippen LogP contribution in [-0.4, -0.2) is 69.0 Å². The predicted molar refractivity (Wildman–Crippen MR) is 67.4 cm³/mol. The Kier molecular flexibility index (Phi) is 5.89. The summed E-state index contributed by atoms with van der Waals surface area (Å²) in [5, 5.41) is 8.57. The molecule has 1 fully saturated rings. The molecule has 0 amide bonds. The van der Waals surface area contributed by atoms with E-state index in [0.717, 1.165) is 26.2 Å². The van der Waals surface area contributed by atoms with Gasteiger partial charge in [0.15, 0.2) is 9.84 Å². The smallest absolute Gasteiger partial charge is 0.151 e. The summed E-state index contributed by atoms with van der Waals surface area (Å²) in [6, 6.07) is 2.14. The lowest BCUT2D eigenvalue weighted by molar-refractivity contribution is 0.150. The molecule has 0 bridgehead atoms. The standard InChI is InChI=1S/C11H21N3O2S/c1-2-10-17(15,16)11-9-14-7-5-13(4-3-12)6-8-14/h2,4-11H2,1H3. The average molecular weight is 259 g/mol. The second-order valence-electron chi connectivity index (χ2n) is 4.43. The third-order valence-electron chi connectivity index (χ3n) is 2.99. The maximum absolute atomic E-state index is 11.6. The van der Waals surface area contributed by atoms with Crippen LogP contribution in [0.25, 0.3) is 0 Å². The third kappa shape index (κ3) is 5.48. The highest BCUT2D eigenvalue weighted by atomic mass is 32.2. The molecule has 1 aliphatic heterocycles. The Labute approximate surface area is 104 Å². The average Bonchev–Trinajstić information content (AvgIpc) is 2.29. The first-order valence-corrected chi connectivity index (χ1v) is 7.91. The molecule has 5 nitrogen and oxygen atoms in total. The molecule has 0 aromatic carbocycles. The second kappa shape index (κ2) is 6.94. The monoisotopic (exact) mass is 259 g/mol. The molecular weight excluding hydrogens is 238 g/mol. The van der Waals surface area contributed by atoms with Gasteiger partial charge in [-0.25, -0.2) is 8.42 Å². The van der Waals surface area contributed by atoms with Crippen molar-refractivity contribution in [3.05, 3.63) is 0 Å². The molecule has 1 rings (SSSR count). The minimum atomic E-state index is -2.86. The van der Waals surface area contributed by atoms with Crippen LogP contribution in [0.3, 0.4) is 0 Å². The van der Waals surface area contributed by atoms with Gasteiger partial charge in [0.05, 0.1) is 18.4 Å². The third-order valence-corrected chi connectivity index (χ3v) is 4.83. The molecule has 0 aromatic heterocycles. The summed E-state index contributed by atoms with van der Waals surface area (Å²) in [7, 11) is -2.86. The molecule has 6 heteroatoms. The zero-order valence-corrected chi connectivity index (χ0v) is 11.2. The van der Waals surface area contributed by atoms with Gasteiger partial charge in [-0.05, 0) is 6.42 Å². The minimum Gasteiger partial charge on any atom is -0.300 e. The molecule has 0 N–H and O–H groups in total. The van der Waals surface area contributed by atoms with Crippen molar-refractivity contribution in [3.63, 3.8) is 0 Å². The largest absolute Gasteiger partial charge is 0.300 e. The summed E-state index contributed by atoms with van der Waals surface area (Å²) in [5.74, 6) is 0.556. The van der Waals surface area contributed by atoms with Crippen LogP contribution in [0.2, 0.25) is 0 Å². The van der Waals surface area contributed by atoms with Gasteiger partial charge < -0.3 is 0 Å². The van der Waals surface area contributed by atoms with Crippen LogP contribution in [0, 0.1) is 11.3 Å². The molecule has 17 heavy (non-hydrogen) atoms. The van der Waals surface area contributed by atoms with E-state index in [4.69, 9.17) is 5.26 Å². The van der Waals surface area contributed by atoms with Crippen molar-refractivity contribution in [2.75, 3.05) is 50.8 Å². The zero-order valence-electron chi connectivity index (χ0n) is 10.4. The molecule has 0 spiro atoms. The van der Waals surface area contributed by atoms with Crippen molar-refractivity contribution in [2.45, 2.75) is 13.3 Å². The van der Waals surface area contributed by atoms with E-state index in [-0.39, 0.29) is 5.75 Å². The Hall–Kier alpha value is -0.640. The lowest BCUT2D eigenvalue weighted by Crippen LogP contribution is -2.47. The Balaban J connectivity index is 2.25. The van der Waals surface area contributed by atoms with E-state index < -0.39 is 9.84 Å². The van der Waals surface area contributed by atoms with E-state index >= 15 is 0 Å². The highest BCUT2D eigenvalue weighted by Gasteiger charge is 2.18. The lowest BCUT2D eigenvalue weighted by atomic mass is 10.3. The summed E-state index contributed by atoms with van der Waals surface area (Å²) in [6.07, 6.45) is 0.693. The number of rotatable bonds is 6. The van der Waals surface area contributed by atoms with Crippen molar-refractivity contribution >= 4 is 9.84 Å². The molecule has 0 radical (unpaired) electrons. The maximum atomic E-state index is 11.6. The summed E-state index contributed by atoms with van der Waals surface area (Å²) in [5.41, 5.74) is 0. The molecule has 0 unspecified atom stereocenters. The summed E-state index contributed by atoms with van der Waals surface area (Å²) >= 11 is 0. The molecule has 0 aliphatic carbocycles. The number of hydrogen-bond acceptors (Lipinski definition) is 5. The fourth-order valence-corrected chi connectivity index (χ4v) is 3.31. The molecule has 0 saturated carbocycles. The van der Waals surface area contributed by atoms with Gasteiger partial charge in [0.2, 0.25) is 0 Å². The van der Waals surface area contributed by atoms with E-state index in [1.807, 2.05) is 6.92 Å². The maximum Gasteiger partial charge on any atom is 0.151 e. The van der Waals surface area contributed by atoms with Gasteiger partial charge in [0.25, 0.3) is 0 Å². The normalized spacial score (nSPS) is 19.1. The van der Waals surface area contributed by atoms with Crippen LogP contribution in [0.5, 0.6) is 0 Å². The molecule has 0 atom stereocenters. The first-order chi connectivity index (χ1) is 8.07. The molecule has 98 valence electrons. The van der Waals surface area contributed by atoms with Crippen LogP contribution in [0.1, 0.15) is 13.3 Å². The lowest BCUT2D eigenvalue weighted by Gasteiger charge is -2.33. The highest BCUT2D eigenvalue weighted by molar-refractivity contribution is 7.91. The predicted octanol–water partition coefficient (Wildman–Crippen LogP) is -0.0476. The van der Waals surface area contributed by atoms with Gasteiger partial charge in [0.1, 0.15) is 0 Å². The van der Waals surface area contributed by atoms with Crippen molar-refractivity contribution in [1.29, 1.82) is 5.26 Å². The first kappa shape index (κ1) is 14.4. The van der Waals surface area contributed by atoms with Crippen LogP contribution in [-0.2, 0) is 9.84 Å². The minimum absolute atomic E-state index is 0.263. The van der Waals surface area contributed by atoms with Gasteiger partial charge in [-0.3, -0.25) is 9.80 Å². The van der Waals surface area contributed by atoms with Crippen LogP contribution >= 0.6 is 0 Å². The number of sulfone groups is 1. The number of nitriles is 1. The van der Waals surface area contributed by atoms with E-state index in [1.165, 1.54) is 0 Å². The van der Waals surface area contributed by atoms with Crippen molar-refractivity contribution < 1.29 is 8.42 Å². The van der Waals surface area contributed by atoms with Gasteiger partial charge in [-0.2, -0.15) is 5.26 Å². The van der Waals surface area contributed by atoms with Crippen LogP contribution in [0.4, 0.5) is 0 Å². The summed E-state index contributed by atoms with van der Waals surface area (Å²) < 4.78 is 23.1. The van der Waals surface area contributed by atoms with Gasteiger partial charge in [-0.15, -0.1) is 0 Å². The van der Waals surface area contributed by atoms with Crippen molar-refractivity contribution in [2.24, 2.45) is 0 Å². The molecule has 1 heterocycles.